The van der Waals surface area contributed by atoms with Gasteiger partial charge in [0.2, 0.25) is 0 Å². The molecule has 4 nitrogen and oxygen atoms in total. The summed E-state index contributed by atoms with van der Waals surface area (Å²) >= 11 is 0. The largest absolute Gasteiger partial charge is 0.294 e. The fourth-order valence-electron chi connectivity index (χ4n) is 1.38. The van der Waals surface area contributed by atoms with Crippen LogP contribution in [-0.2, 0) is 0 Å². The van der Waals surface area contributed by atoms with Crippen molar-refractivity contribution < 1.29 is 4.79 Å². The van der Waals surface area contributed by atoms with E-state index < -0.39 is 0 Å². The predicted molar refractivity (Wildman–Crippen MR) is 56.1 cm³/mol. The number of carbonyl (C=O) groups excluding carboxylic acids is 1. The summed E-state index contributed by atoms with van der Waals surface area (Å²) in [4.78, 5) is 15.5. The maximum absolute atomic E-state index is 11.4. The number of Topliss-reactive ketones (excluding diaryl/α,β-unsaturated/α-hetero) is 1. The van der Waals surface area contributed by atoms with Crippen LogP contribution in [-0.4, -0.2) is 20.5 Å². The van der Waals surface area contributed by atoms with Crippen LogP contribution in [0.15, 0.2) is 30.7 Å². The molecular weight excluding hydrogens is 190 g/mol. The lowest BCUT2D eigenvalue weighted by Crippen LogP contribution is -2.05. The van der Waals surface area contributed by atoms with E-state index in [0.717, 1.165) is 5.56 Å². The van der Waals surface area contributed by atoms with Crippen molar-refractivity contribution in [2.24, 2.45) is 0 Å². The van der Waals surface area contributed by atoms with Gasteiger partial charge in [-0.2, -0.15) is 5.10 Å². The first-order valence-electron chi connectivity index (χ1n) is 4.66. The maximum Gasteiger partial charge on any atom is 0.164 e. The van der Waals surface area contributed by atoms with E-state index in [2.05, 4.69) is 10.1 Å². The molecule has 0 N–H and O–H groups in total. The minimum absolute atomic E-state index is 0.00810. The van der Waals surface area contributed by atoms with Crippen molar-refractivity contribution in [2.45, 2.75) is 13.8 Å². The predicted octanol–water partition coefficient (Wildman–Crippen LogP) is 1.78. The number of pyridine rings is 1. The third-order valence-electron chi connectivity index (χ3n) is 2.09. The second-order valence-corrected chi connectivity index (χ2v) is 3.39. The van der Waals surface area contributed by atoms with E-state index in [1.165, 1.54) is 6.92 Å². The summed E-state index contributed by atoms with van der Waals surface area (Å²) in [5, 5.41) is 4.13. The van der Waals surface area contributed by atoms with Crippen molar-refractivity contribution in [3.8, 4) is 5.82 Å². The van der Waals surface area contributed by atoms with E-state index in [9.17, 15) is 4.79 Å². The van der Waals surface area contributed by atoms with Crippen LogP contribution in [0.1, 0.15) is 22.8 Å². The molecule has 0 amide bonds. The van der Waals surface area contributed by atoms with Crippen molar-refractivity contribution in [2.75, 3.05) is 0 Å². The minimum atomic E-state index is -0.00810. The zero-order chi connectivity index (χ0) is 10.8. The number of ketones is 1. The van der Waals surface area contributed by atoms with Crippen LogP contribution in [0.3, 0.4) is 0 Å². The Labute approximate surface area is 87.6 Å². The SMILES string of the molecule is CC(=O)c1cccnc1-n1cc(C)cn1. The van der Waals surface area contributed by atoms with E-state index in [-0.39, 0.29) is 5.78 Å². The van der Waals surface area contributed by atoms with Crippen LogP contribution >= 0.6 is 0 Å². The second-order valence-electron chi connectivity index (χ2n) is 3.39. The molecule has 0 radical (unpaired) electrons. The number of hydrogen-bond donors (Lipinski definition) is 0. The second kappa shape index (κ2) is 3.65. The van der Waals surface area contributed by atoms with Gasteiger partial charge in [-0.05, 0) is 31.5 Å². The van der Waals surface area contributed by atoms with Crippen molar-refractivity contribution in [3.63, 3.8) is 0 Å². The fraction of sp³-hybridized carbons (Fsp3) is 0.182. The zero-order valence-corrected chi connectivity index (χ0v) is 8.64. The van der Waals surface area contributed by atoms with Crippen LogP contribution in [0, 0.1) is 6.92 Å². The van der Waals surface area contributed by atoms with Gasteiger partial charge in [0.15, 0.2) is 11.6 Å². The summed E-state index contributed by atoms with van der Waals surface area (Å²) in [5.74, 6) is 0.573. The molecule has 0 aliphatic rings. The van der Waals surface area contributed by atoms with Crippen molar-refractivity contribution >= 4 is 5.78 Å². The Balaban J connectivity index is 2.57. The van der Waals surface area contributed by atoms with Gasteiger partial charge in [0.05, 0.1) is 11.8 Å². The van der Waals surface area contributed by atoms with Gasteiger partial charge in [-0.1, -0.05) is 0 Å². The molecule has 0 aliphatic heterocycles. The lowest BCUT2D eigenvalue weighted by molar-refractivity contribution is 0.101. The number of carbonyl (C=O) groups is 1. The molecule has 2 rings (SSSR count). The fourth-order valence-corrected chi connectivity index (χ4v) is 1.38. The summed E-state index contributed by atoms with van der Waals surface area (Å²) in [6.45, 7) is 3.47. The maximum atomic E-state index is 11.4. The smallest absolute Gasteiger partial charge is 0.164 e. The molecule has 2 heterocycles. The van der Waals surface area contributed by atoms with Gasteiger partial charge < -0.3 is 0 Å². The Bertz CT molecular complexity index is 502. The minimum Gasteiger partial charge on any atom is -0.294 e. The van der Waals surface area contributed by atoms with Crippen molar-refractivity contribution in [3.05, 3.63) is 41.9 Å². The Hall–Kier alpha value is -1.97. The number of aromatic nitrogens is 3. The van der Waals surface area contributed by atoms with E-state index in [4.69, 9.17) is 0 Å². The van der Waals surface area contributed by atoms with Gasteiger partial charge >= 0.3 is 0 Å². The molecule has 2 aromatic heterocycles. The normalized spacial score (nSPS) is 10.3. The number of rotatable bonds is 2. The number of hydrogen-bond acceptors (Lipinski definition) is 3. The topological polar surface area (TPSA) is 47.8 Å². The first kappa shape index (κ1) is 9.58. The Morgan fingerprint density at radius 3 is 2.87 bits per heavy atom. The van der Waals surface area contributed by atoms with Crippen molar-refractivity contribution in [1.29, 1.82) is 0 Å². The Morgan fingerprint density at radius 1 is 1.47 bits per heavy atom. The Kier molecular flexibility index (Phi) is 2.33. The Morgan fingerprint density at radius 2 is 2.27 bits per heavy atom. The summed E-state index contributed by atoms with van der Waals surface area (Å²) in [5.41, 5.74) is 1.62. The molecular formula is C11H11N3O. The number of aryl methyl sites for hydroxylation is 1. The summed E-state index contributed by atoms with van der Waals surface area (Å²) in [7, 11) is 0. The molecule has 0 fully saturated rings. The van der Waals surface area contributed by atoms with Crippen LogP contribution in [0.5, 0.6) is 0 Å². The third kappa shape index (κ3) is 1.79. The lowest BCUT2D eigenvalue weighted by atomic mass is 10.2. The monoisotopic (exact) mass is 201 g/mol. The van der Waals surface area contributed by atoms with Crippen LogP contribution < -0.4 is 0 Å². The summed E-state index contributed by atoms with van der Waals surface area (Å²) < 4.78 is 1.62. The van der Waals surface area contributed by atoms with E-state index in [1.54, 1.807) is 29.2 Å². The molecule has 0 saturated heterocycles. The molecule has 76 valence electrons. The first-order valence-corrected chi connectivity index (χ1v) is 4.66. The molecule has 0 aromatic carbocycles. The van der Waals surface area contributed by atoms with Gasteiger partial charge in [0, 0.05) is 12.4 Å². The van der Waals surface area contributed by atoms with Crippen LogP contribution in [0.2, 0.25) is 0 Å². The quantitative estimate of drug-likeness (QED) is 0.696. The van der Waals surface area contributed by atoms with E-state index in [0.29, 0.717) is 11.4 Å². The summed E-state index contributed by atoms with van der Waals surface area (Å²) in [6, 6.07) is 3.50. The zero-order valence-electron chi connectivity index (χ0n) is 8.64. The average molecular weight is 201 g/mol. The van der Waals surface area contributed by atoms with E-state index in [1.807, 2.05) is 13.1 Å². The molecule has 2 aromatic rings. The highest BCUT2D eigenvalue weighted by Crippen LogP contribution is 2.11. The van der Waals surface area contributed by atoms with Gasteiger partial charge in [-0.15, -0.1) is 0 Å². The highest BCUT2D eigenvalue weighted by atomic mass is 16.1. The molecule has 4 heteroatoms. The van der Waals surface area contributed by atoms with Gasteiger partial charge in [0.25, 0.3) is 0 Å². The van der Waals surface area contributed by atoms with E-state index >= 15 is 0 Å². The lowest BCUT2D eigenvalue weighted by Gasteiger charge is -2.04. The first-order chi connectivity index (χ1) is 7.18. The molecule has 0 saturated carbocycles. The third-order valence-corrected chi connectivity index (χ3v) is 2.09. The highest BCUT2D eigenvalue weighted by molar-refractivity contribution is 5.96. The standard InChI is InChI=1S/C11H11N3O/c1-8-6-13-14(7-8)11-10(9(2)15)4-3-5-12-11/h3-7H,1-2H3. The van der Waals surface area contributed by atoms with Gasteiger partial charge in [0.1, 0.15) is 0 Å². The summed E-state index contributed by atoms with van der Waals surface area (Å²) in [6.07, 6.45) is 5.23. The molecule has 0 spiro atoms. The van der Waals surface area contributed by atoms with Gasteiger partial charge in [-0.3, -0.25) is 4.79 Å². The van der Waals surface area contributed by atoms with Gasteiger partial charge in [-0.25, -0.2) is 9.67 Å². The molecule has 15 heavy (non-hydrogen) atoms. The highest BCUT2D eigenvalue weighted by Gasteiger charge is 2.09. The van der Waals surface area contributed by atoms with Crippen molar-refractivity contribution in [1.82, 2.24) is 14.8 Å². The van der Waals surface area contributed by atoms with Crippen LogP contribution in [0.4, 0.5) is 0 Å². The molecule has 0 aliphatic carbocycles. The van der Waals surface area contributed by atoms with Crippen LogP contribution in [0.25, 0.3) is 5.82 Å². The molecule has 0 atom stereocenters. The number of nitrogens with zero attached hydrogens (tertiary/aromatic N) is 3. The molecule has 0 bridgehead atoms. The molecule has 0 unspecified atom stereocenters. The average Bonchev–Trinajstić information content (AvgIpc) is 2.65.